The molecule has 0 aromatic carbocycles. The fourth-order valence-corrected chi connectivity index (χ4v) is 7.99. The molecule has 0 N–H and O–H groups in total. The molecule has 56 heavy (non-hydrogen) atoms. The lowest BCUT2D eigenvalue weighted by Crippen LogP contribution is -2.19. The van der Waals surface area contributed by atoms with Crippen molar-refractivity contribution >= 4 is 48.6 Å². The molecular weight excluding hydrogens is 720 g/mol. The lowest BCUT2D eigenvalue weighted by Gasteiger charge is -2.26. The molecule has 0 bridgehead atoms. The number of carbonyl (C=O) groups excluding carboxylic acids is 8. The minimum atomic E-state index is 0.469. The van der Waals surface area contributed by atoms with Crippen LogP contribution in [0.25, 0.3) is 0 Å². The number of hydrogen-bond acceptors (Lipinski definition) is 16. The smallest absolute Gasteiger partial charge is 0.211 e. The molecule has 4 atom stereocenters. The summed E-state index contributed by atoms with van der Waals surface area (Å²) in [5, 5.41) is 0. The molecule has 0 aromatic heterocycles. The van der Waals surface area contributed by atoms with Crippen LogP contribution in [0, 0.1) is 47.3 Å². The molecule has 4 aliphatic carbocycles. The zero-order chi connectivity index (χ0) is 40.9. The van der Waals surface area contributed by atoms with E-state index in [-0.39, 0.29) is 0 Å². The van der Waals surface area contributed by atoms with E-state index in [0.717, 1.165) is 103 Å². The van der Waals surface area contributed by atoms with Gasteiger partial charge in [0.05, 0.1) is 52.4 Å². The molecule has 0 aromatic rings. The van der Waals surface area contributed by atoms with Gasteiger partial charge in [-0.1, -0.05) is 12.8 Å². The molecule has 0 spiro atoms. The Hall–Kier alpha value is -4.96. The van der Waals surface area contributed by atoms with E-state index in [1.165, 1.54) is 0 Å². The molecule has 0 heterocycles. The van der Waals surface area contributed by atoms with Crippen LogP contribution in [0.2, 0.25) is 0 Å². The van der Waals surface area contributed by atoms with Crippen molar-refractivity contribution in [3.63, 3.8) is 0 Å². The van der Waals surface area contributed by atoms with E-state index in [4.69, 9.17) is 0 Å². The third-order valence-electron chi connectivity index (χ3n) is 11.0. The SMILES string of the molecule is O=C=NCC1CCC(CN=C=O)CC1.O=C=NCC1CCC(CN=C=O)CC1.O=C=NCC1CCCC(CN=C=O)C1.O=C=NCC1CCCC(CN=C=O)C1. The Morgan fingerprint density at radius 1 is 0.250 bits per heavy atom. The van der Waals surface area contributed by atoms with Crippen LogP contribution in [0.3, 0.4) is 0 Å². The molecule has 0 aliphatic heterocycles. The highest BCUT2D eigenvalue weighted by Gasteiger charge is 2.23. The minimum absolute atomic E-state index is 0.469. The molecule has 4 fully saturated rings. The largest absolute Gasteiger partial charge is 0.234 e. The number of hydrogen-bond donors (Lipinski definition) is 0. The van der Waals surface area contributed by atoms with Crippen molar-refractivity contribution in [2.45, 2.75) is 103 Å². The van der Waals surface area contributed by atoms with Gasteiger partial charge in [0.15, 0.2) is 0 Å². The molecule has 16 heteroatoms. The van der Waals surface area contributed by atoms with E-state index in [1.807, 2.05) is 0 Å². The average molecular weight is 777 g/mol. The summed E-state index contributed by atoms with van der Waals surface area (Å²) in [7, 11) is 0. The highest BCUT2D eigenvalue weighted by Crippen LogP contribution is 2.31. The zero-order valence-electron chi connectivity index (χ0n) is 32.4. The molecule has 304 valence electrons. The summed E-state index contributed by atoms with van der Waals surface area (Å²) in [6.45, 7) is 4.71. The Labute approximate surface area is 328 Å². The van der Waals surface area contributed by atoms with E-state index < -0.39 is 0 Å². The van der Waals surface area contributed by atoms with Gasteiger partial charge in [-0.05, 0) is 137 Å². The van der Waals surface area contributed by atoms with Crippen molar-refractivity contribution in [2.75, 3.05) is 52.4 Å². The lowest BCUT2D eigenvalue weighted by molar-refractivity contribution is 0.278. The Kier molecular flexibility index (Phi) is 30.2. The van der Waals surface area contributed by atoms with Crippen molar-refractivity contribution in [1.29, 1.82) is 0 Å². The van der Waals surface area contributed by atoms with Crippen molar-refractivity contribution in [2.24, 2.45) is 87.3 Å². The number of aliphatic imine (C=N–C) groups is 8. The molecule has 4 rings (SSSR count). The van der Waals surface area contributed by atoms with E-state index in [9.17, 15) is 38.4 Å². The van der Waals surface area contributed by atoms with Crippen molar-refractivity contribution in [1.82, 2.24) is 0 Å². The highest BCUT2D eigenvalue weighted by molar-refractivity contribution is 5.34. The third-order valence-corrected chi connectivity index (χ3v) is 11.0. The summed E-state index contributed by atoms with van der Waals surface area (Å²) < 4.78 is 0. The van der Waals surface area contributed by atoms with E-state index in [1.54, 1.807) is 48.6 Å². The maximum Gasteiger partial charge on any atom is 0.234 e. The first kappa shape index (κ1) is 49.1. The maximum absolute atomic E-state index is 9.94. The first-order valence-corrected chi connectivity index (χ1v) is 19.7. The molecule has 4 saturated carbocycles. The van der Waals surface area contributed by atoms with Crippen LogP contribution in [0.5, 0.6) is 0 Å². The molecular formula is C40H56N8O8. The number of isocyanates is 8. The van der Waals surface area contributed by atoms with Crippen LogP contribution in [0.15, 0.2) is 39.9 Å². The Morgan fingerprint density at radius 3 is 0.571 bits per heavy atom. The van der Waals surface area contributed by atoms with Crippen LogP contribution >= 0.6 is 0 Å². The fourth-order valence-electron chi connectivity index (χ4n) is 7.99. The highest BCUT2D eigenvalue weighted by atomic mass is 16.1. The van der Waals surface area contributed by atoms with Gasteiger partial charge in [0.2, 0.25) is 48.6 Å². The van der Waals surface area contributed by atoms with Crippen LogP contribution in [-0.4, -0.2) is 101 Å². The summed E-state index contributed by atoms with van der Waals surface area (Å²) in [6, 6.07) is 0. The van der Waals surface area contributed by atoms with Gasteiger partial charge in [0.25, 0.3) is 0 Å². The standard InChI is InChI=1S/4C10H14N2O2/c2*13-7-11-5-9-1-2-10(4-3-9)6-12-8-14;2*13-7-11-5-9-2-1-3-10(4-9)6-12-8-14/h4*9-10H,1-6H2. The van der Waals surface area contributed by atoms with E-state index >= 15 is 0 Å². The monoisotopic (exact) mass is 776 g/mol. The first-order valence-electron chi connectivity index (χ1n) is 19.7. The third kappa shape index (κ3) is 25.2. The van der Waals surface area contributed by atoms with Crippen molar-refractivity contribution in [3.05, 3.63) is 0 Å². The minimum Gasteiger partial charge on any atom is -0.211 e. The van der Waals surface area contributed by atoms with Gasteiger partial charge < -0.3 is 0 Å². The summed E-state index contributed by atoms with van der Waals surface area (Å²) in [5.41, 5.74) is 0. The summed E-state index contributed by atoms with van der Waals surface area (Å²) in [5.74, 6) is 3.96. The summed E-state index contributed by atoms with van der Waals surface area (Å²) in [6.07, 6.45) is 29.9. The predicted octanol–water partition coefficient (Wildman–Crippen LogP) is 5.86. The zero-order valence-corrected chi connectivity index (χ0v) is 32.4. The van der Waals surface area contributed by atoms with Crippen LogP contribution in [0.1, 0.15) is 103 Å². The fraction of sp³-hybridized carbons (Fsp3) is 0.800. The van der Waals surface area contributed by atoms with Gasteiger partial charge in [-0.25, -0.2) is 78.3 Å². The van der Waals surface area contributed by atoms with Gasteiger partial charge >= 0.3 is 0 Å². The predicted molar refractivity (Wildman–Crippen MR) is 206 cm³/mol. The van der Waals surface area contributed by atoms with E-state index in [0.29, 0.717) is 99.7 Å². The lowest BCUT2D eigenvalue weighted by atomic mass is 9.81. The van der Waals surface area contributed by atoms with Crippen LogP contribution < -0.4 is 0 Å². The van der Waals surface area contributed by atoms with Crippen LogP contribution in [0.4, 0.5) is 0 Å². The molecule has 4 unspecified atom stereocenters. The molecule has 0 amide bonds. The second-order valence-corrected chi connectivity index (χ2v) is 15.0. The van der Waals surface area contributed by atoms with Crippen molar-refractivity contribution < 1.29 is 38.4 Å². The maximum atomic E-state index is 9.94. The second-order valence-electron chi connectivity index (χ2n) is 15.0. The van der Waals surface area contributed by atoms with E-state index in [2.05, 4.69) is 39.9 Å². The van der Waals surface area contributed by atoms with Crippen molar-refractivity contribution in [3.8, 4) is 0 Å². The molecule has 0 saturated heterocycles. The normalized spacial score (nSPS) is 26.0. The van der Waals surface area contributed by atoms with Gasteiger partial charge in [-0.2, -0.15) is 0 Å². The Balaban J connectivity index is 0.000000373. The topological polar surface area (TPSA) is 235 Å². The van der Waals surface area contributed by atoms with Gasteiger partial charge in [-0.15, -0.1) is 0 Å². The van der Waals surface area contributed by atoms with Crippen LogP contribution in [-0.2, 0) is 38.4 Å². The average Bonchev–Trinajstić information content (AvgIpc) is 3.25. The van der Waals surface area contributed by atoms with Gasteiger partial charge in [-0.3, -0.25) is 0 Å². The number of rotatable bonds is 16. The van der Waals surface area contributed by atoms with Gasteiger partial charge in [0.1, 0.15) is 0 Å². The quantitative estimate of drug-likeness (QED) is 0.136. The molecule has 0 radical (unpaired) electrons. The molecule has 4 aliphatic rings. The Bertz CT molecular complexity index is 1270. The first-order chi connectivity index (χ1) is 27.5. The van der Waals surface area contributed by atoms with Gasteiger partial charge in [0, 0.05) is 0 Å². The summed E-state index contributed by atoms with van der Waals surface area (Å²) >= 11 is 0. The second kappa shape index (κ2) is 34.5. The Morgan fingerprint density at radius 2 is 0.411 bits per heavy atom. The summed E-state index contributed by atoms with van der Waals surface area (Å²) in [4.78, 5) is 108. The number of nitrogens with zero attached hydrogens (tertiary/aromatic N) is 8. The molecule has 16 nitrogen and oxygen atoms in total.